The first-order chi connectivity index (χ1) is 9.83. The van der Waals surface area contributed by atoms with Crippen LogP contribution in [-0.4, -0.2) is 25.3 Å². The third kappa shape index (κ3) is 2.33. The molecule has 0 aromatic carbocycles. The van der Waals surface area contributed by atoms with Gasteiger partial charge in [0.1, 0.15) is 0 Å². The lowest BCUT2D eigenvalue weighted by Crippen LogP contribution is -2.63. The van der Waals surface area contributed by atoms with Crippen LogP contribution in [0.1, 0.15) is 64.7 Å². The van der Waals surface area contributed by atoms with Crippen molar-refractivity contribution < 1.29 is 4.74 Å². The molecule has 4 aliphatic rings. The van der Waals surface area contributed by atoms with Crippen LogP contribution in [0.4, 0.5) is 0 Å². The molecule has 4 rings (SSSR count). The molecule has 0 aromatic rings. The first kappa shape index (κ1) is 13.6. The summed E-state index contributed by atoms with van der Waals surface area (Å²) in [4.78, 5) is 0. The van der Waals surface area contributed by atoms with E-state index in [0.29, 0.717) is 11.5 Å². The molecule has 2 atom stereocenters. The van der Waals surface area contributed by atoms with Gasteiger partial charge in [-0.3, -0.25) is 0 Å². The lowest BCUT2D eigenvalue weighted by Gasteiger charge is -2.54. The van der Waals surface area contributed by atoms with Crippen molar-refractivity contribution in [1.82, 2.24) is 5.32 Å². The van der Waals surface area contributed by atoms with Gasteiger partial charge in [0.25, 0.3) is 0 Å². The zero-order valence-corrected chi connectivity index (χ0v) is 13.1. The van der Waals surface area contributed by atoms with Crippen molar-refractivity contribution in [2.24, 2.45) is 23.2 Å². The molecule has 0 heterocycles. The molecule has 0 radical (unpaired) electrons. The van der Waals surface area contributed by atoms with Crippen LogP contribution in [-0.2, 0) is 4.74 Å². The van der Waals surface area contributed by atoms with Crippen LogP contribution >= 0.6 is 0 Å². The predicted octanol–water partition coefficient (Wildman–Crippen LogP) is 3.75. The first-order valence-electron chi connectivity index (χ1n) is 9.18. The van der Waals surface area contributed by atoms with Crippen LogP contribution in [0, 0.1) is 23.2 Å². The van der Waals surface area contributed by atoms with Gasteiger partial charge in [-0.1, -0.05) is 12.8 Å². The zero-order valence-electron chi connectivity index (χ0n) is 13.1. The summed E-state index contributed by atoms with van der Waals surface area (Å²) in [5.74, 6) is 3.18. The van der Waals surface area contributed by atoms with Gasteiger partial charge in [-0.05, 0) is 76.2 Å². The van der Waals surface area contributed by atoms with E-state index in [9.17, 15) is 0 Å². The Bertz CT molecular complexity index is 329. The Hall–Kier alpha value is -0.0800. The lowest BCUT2D eigenvalue weighted by atomic mass is 9.60. The van der Waals surface area contributed by atoms with Gasteiger partial charge in [-0.2, -0.15) is 0 Å². The highest BCUT2D eigenvalue weighted by Gasteiger charge is 2.56. The van der Waals surface area contributed by atoms with E-state index in [4.69, 9.17) is 4.74 Å². The maximum Gasteiger partial charge on any atom is 0.0661 e. The van der Waals surface area contributed by atoms with Crippen LogP contribution in [0.3, 0.4) is 0 Å². The van der Waals surface area contributed by atoms with E-state index in [2.05, 4.69) is 12.2 Å². The van der Waals surface area contributed by atoms with Gasteiger partial charge in [-0.15, -0.1) is 0 Å². The normalized spacial score (nSPS) is 35.7. The maximum atomic E-state index is 6.03. The molecule has 0 saturated heterocycles. The molecule has 2 heteroatoms. The van der Waals surface area contributed by atoms with Gasteiger partial charge >= 0.3 is 0 Å². The van der Waals surface area contributed by atoms with Crippen LogP contribution < -0.4 is 5.32 Å². The Morgan fingerprint density at radius 2 is 1.75 bits per heavy atom. The minimum atomic E-state index is 0.521. The first-order valence-corrected chi connectivity index (χ1v) is 9.18. The Morgan fingerprint density at radius 3 is 2.30 bits per heavy atom. The second-order valence-corrected chi connectivity index (χ2v) is 7.92. The van der Waals surface area contributed by atoms with Crippen molar-refractivity contribution in [2.75, 3.05) is 13.2 Å². The zero-order chi connectivity index (χ0) is 13.6. The van der Waals surface area contributed by atoms with E-state index in [1.54, 1.807) is 0 Å². The van der Waals surface area contributed by atoms with Gasteiger partial charge in [0, 0.05) is 18.1 Å². The summed E-state index contributed by atoms with van der Waals surface area (Å²) in [7, 11) is 0. The van der Waals surface area contributed by atoms with E-state index in [1.807, 2.05) is 0 Å². The molecule has 1 spiro atoms. The standard InChI is InChI=1S/C18H31NO/c1-2-20-17-11-16(18(17)9-3-4-10-18)19-12-15(13-5-6-13)14-7-8-14/h13-17,19H,2-12H2,1H3. The fourth-order valence-electron chi connectivity index (χ4n) is 5.22. The minimum Gasteiger partial charge on any atom is -0.378 e. The second-order valence-electron chi connectivity index (χ2n) is 7.92. The molecule has 4 aliphatic carbocycles. The third-order valence-corrected chi connectivity index (χ3v) is 6.74. The summed E-state index contributed by atoms with van der Waals surface area (Å²) >= 11 is 0. The van der Waals surface area contributed by atoms with Gasteiger partial charge in [0.05, 0.1) is 6.10 Å². The van der Waals surface area contributed by atoms with Crippen LogP contribution in [0.2, 0.25) is 0 Å². The number of hydrogen-bond acceptors (Lipinski definition) is 2. The minimum absolute atomic E-state index is 0.521. The maximum absolute atomic E-state index is 6.03. The summed E-state index contributed by atoms with van der Waals surface area (Å²) < 4.78 is 6.03. The fraction of sp³-hybridized carbons (Fsp3) is 1.00. The largest absolute Gasteiger partial charge is 0.378 e. The van der Waals surface area contributed by atoms with E-state index >= 15 is 0 Å². The van der Waals surface area contributed by atoms with E-state index < -0.39 is 0 Å². The molecular formula is C18H31NO. The highest BCUT2D eigenvalue weighted by molar-refractivity contribution is 5.10. The summed E-state index contributed by atoms with van der Waals surface area (Å²) in [5, 5.41) is 4.00. The highest BCUT2D eigenvalue weighted by atomic mass is 16.5. The lowest BCUT2D eigenvalue weighted by molar-refractivity contribution is -0.131. The molecule has 0 bridgehead atoms. The van der Waals surface area contributed by atoms with Crippen molar-refractivity contribution >= 4 is 0 Å². The highest BCUT2D eigenvalue weighted by Crippen LogP contribution is 2.55. The van der Waals surface area contributed by atoms with Crippen molar-refractivity contribution in [3.63, 3.8) is 0 Å². The molecule has 0 aliphatic heterocycles. The average molecular weight is 277 g/mol. The topological polar surface area (TPSA) is 21.3 Å². The quantitative estimate of drug-likeness (QED) is 0.765. The molecule has 2 unspecified atom stereocenters. The molecule has 0 amide bonds. The van der Waals surface area contributed by atoms with Crippen LogP contribution in [0.15, 0.2) is 0 Å². The van der Waals surface area contributed by atoms with E-state index in [1.165, 1.54) is 64.3 Å². The molecular weight excluding hydrogens is 246 g/mol. The second kappa shape index (κ2) is 5.28. The Labute approximate surface area is 124 Å². The molecule has 20 heavy (non-hydrogen) atoms. The Balaban J connectivity index is 1.34. The van der Waals surface area contributed by atoms with Crippen molar-refractivity contribution in [3.05, 3.63) is 0 Å². The summed E-state index contributed by atoms with van der Waals surface area (Å²) in [5.41, 5.74) is 0.521. The molecule has 0 aromatic heterocycles. The Morgan fingerprint density at radius 1 is 1.10 bits per heavy atom. The van der Waals surface area contributed by atoms with Gasteiger partial charge in [0.15, 0.2) is 0 Å². The van der Waals surface area contributed by atoms with E-state index in [0.717, 1.165) is 30.4 Å². The van der Waals surface area contributed by atoms with E-state index in [-0.39, 0.29) is 0 Å². The number of hydrogen-bond donors (Lipinski definition) is 1. The molecule has 4 saturated carbocycles. The smallest absolute Gasteiger partial charge is 0.0661 e. The van der Waals surface area contributed by atoms with Crippen molar-refractivity contribution in [2.45, 2.75) is 76.9 Å². The molecule has 114 valence electrons. The van der Waals surface area contributed by atoms with Gasteiger partial charge in [0.2, 0.25) is 0 Å². The molecule has 2 nitrogen and oxygen atoms in total. The summed E-state index contributed by atoms with van der Waals surface area (Å²) in [6, 6.07) is 0.765. The summed E-state index contributed by atoms with van der Waals surface area (Å²) in [6.45, 7) is 4.35. The molecule has 4 fully saturated rings. The number of rotatable bonds is 7. The van der Waals surface area contributed by atoms with Crippen molar-refractivity contribution in [3.8, 4) is 0 Å². The molecule has 1 N–H and O–H groups in total. The fourth-order valence-corrected chi connectivity index (χ4v) is 5.22. The summed E-state index contributed by atoms with van der Waals surface area (Å²) in [6.07, 6.45) is 13.6. The SMILES string of the molecule is CCOC1CC(NCC(C2CC2)C2CC2)C12CCCC2. The number of ether oxygens (including phenoxy) is 1. The van der Waals surface area contributed by atoms with Crippen LogP contribution in [0.5, 0.6) is 0 Å². The Kier molecular flexibility index (Phi) is 3.58. The predicted molar refractivity (Wildman–Crippen MR) is 81.7 cm³/mol. The average Bonchev–Trinajstić information content (AvgIpc) is 3.38. The van der Waals surface area contributed by atoms with Crippen LogP contribution in [0.25, 0.3) is 0 Å². The third-order valence-electron chi connectivity index (χ3n) is 6.74. The monoisotopic (exact) mass is 277 g/mol. The van der Waals surface area contributed by atoms with Gasteiger partial charge in [-0.25, -0.2) is 0 Å². The van der Waals surface area contributed by atoms with Gasteiger partial charge < -0.3 is 10.1 Å². The van der Waals surface area contributed by atoms with Crippen molar-refractivity contribution in [1.29, 1.82) is 0 Å². The number of nitrogens with one attached hydrogen (secondary N) is 1.